The van der Waals surface area contributed by atoms with E-state index in [1.807, 2.05) is 0 Å². The minimum atomic E-state index is -6.27. The monoisotopic (exact) mass is 431 g/mol. The van der Waals surface area contributed by atoms with E-state index in [0.717, 1.165) is 13.8 Å². The lowest BCUT2D eigenvalue weighted by Crippen LogP contribution is -2.59. The lowest BCUT2D eigenvalue weighted by molar-refractivity contribution is -0.356. The van der Waals surface area contributed by atoms with E-state index in [1.165, 1.54) is 0 Å². The van der Waals surface area contributed by atoms with E-state index in [4.69, 9.17) is 0 Å². The smallest absolute Gasteiger partial charge is 0.468 e. The number of halogens is 6. The molecule has 0 radical (unpaired) electrons. The lowest BCUT2D eigenvalue weighted by Gasteiger charge is -2.33. The summed E-state index contributed by atoms with van der Waals surface area (Å²) in [6.07, 6.45) is -9.37. The molecule has 0 spiro atoms. The first-order valence-electron chi connectivity index (χ1n) is 6.70. The number of rotatable bonds is 9. The number of hydrogen-bond donors (Lipinski definition) is 0. The fourth-order valence-electron chi connectivity index (χ4n) is 1.30. The van der Waals surface area contributed by atoms with Crippen molar-refractivity contribution in [2.75, 3.05) is 6.61 Å². The zero-order valence-electron chi connectivity index (χ0n) is 13.6. The second kappa shape index (κ2) is 8.43. The molecule has 0 fully saturated rings. The van der Waals surface area contributed by atoms with Crippen molar-refractivity contribution in [2.45, 2.75) is 43.6 Å². The van der Waals surface area contributed by atoms with Gasteiger partial charge in [-0.05, 0) is 13.8 Å². The first-order valence-corrected chi connectivity index (χ1v) is 8.11. The van der Waals surface area contributed by atoms with Crippen molar-refractivity contribution in [1.82, 2.24) is 0 Å². The van der Waals surface area contributed by atoms with Crippen molar-refractivity contribution >= 4 is 22.1 Å². The fraction of sp³-hybridized carbons (Fsp3) is 0.667. The molecule has 1 atom stereocenters. The van der Waals surface area contributed by atoms with Crippen LogP contribution >= 0.6 is 0 Å². The maximum absolute atomic E-state index is 13.3. The molecule has 0 aliphatic carbocycles. The van der Waals surface area contributed by atoms with E-state index < -0.39 is 64.2 Å². The van der Waals surface area contributed by atoms with Crippen molar-refractivity contribution in [2.24, 2.45) is 0 Å². The number of hydrogen-bond acceptors (Lipinski definition) is 8. The van der Waals surface area contributed by atoms with Crippen LogP contribution in [0.3, 0.4) is 0 Å². The van der Waals surface area contributed by atoms with Crippen LogP contribution in [0.25, 0.3) is 0 Å². The lowest BCUT2D eigenvalue weighted by atomic mass is 10.2. The van der Waals surface area contributed by atoms with Gasteiger partial charge in [-0.25, -0.2) is 18.0 Å². The molecule has 0 saturated heterocycles. The third kappa shape index (κ3) is 6.35. The molecule has 0 aliphatic heterocycles. The van der Waals surface area contributed by atoms with Crippen LogP contribution in [0.1, 0.15) is 20.3 Å². The number of carbonyl (C=O) groups is 2. The molecule has 0 aromatic carbocycles. The van der Waals surface area contributed by atoms with E-state index in [9.17, 15) is 48.9 Å². The van der Waals surface area contributed by atoms with Gasteiger partial charge < -0.3 is 18.8 Å². The summed E-state index contributed by atoms with van der Waals surface area (Å²) in [5, 5.41) is -5.07. The molecule has 27 heavy (non-hydrogen) atoms. The Bertz CT molecular complexity index is 686. The largest absolute Gasteiger partial charge is 0.743 e. The molecular weight excluding hydrogens is 418 g/mol. The molecule has 8 nitrogen and oxygen atoms in total. The Kier molecular flexibility index (Phi) is 7.85. The number of esters is 2. The molecule has 0 bridgehead atoms. The second-order valence-electron chi connectivity index (χ2n) is 5.05. The summed E-state index contributed by atoms with van der Waals surface area (Å²) in [4.78, 5) is 22.9. The zero-order valence-corrected chi connectivity index (χ0v) is 14.5. The molecular formula is C12H13F6O8S-. The van der Waals surface area contributed by atoms with Crippen molar-refractivity contribution in [3.8, 4) is 0 Å². The van der Waals surface area contributed by atoms with Gasteiger partial charge in [-0.3, -0.25) is 0 Å². The fourth-order valence-corrected chi connectivity index (χ4v) is 1.63. The number of ether oxygens (including phenoxy) is 3. The Morgan fingerprint density at radius 1 is 1.15 bits per heavy atom. The predicted molar refractivity (Wildman–Crippen MR) is 71.6 cm³/mol. The van der Waals surface area contributed by atoms with E-state index in [1.54, 1.807) is 0 Å². The molecule has 0 aromatic heterocycles. The summed E-state index contributed by atoms with van der Waals surface area (Å²) >= 11 is 0. The van der Waals surface area contributed by atoms with Gasteiger partial charge in [-0.2, -0.15) is 26.3 Å². The van der Waals surface area contributed by atoms with E-state index in [2.05, 4.69) is 20.8 Å². The predicted octanol–water partition coefficient (Wildman–Crippen LogP) is 1.77. The third-order valence-electron chi connectivity index (χ3n) is 2.51. The molecule has 0 amide bonds. The Balaban J connectivity index is 5.90. The van der Waals surface area contributed by atoms with Crippen molar-refractivity contribution < 1.29 is 63.1 Å². The third-order valence-corrected chi connectivity index (χ3v) is 3.44. The topological polar surface area (TPSA) is 119 Å². The van der Waals surface area contributed by atoms with Crippen LogP contribution in [0.15, 0.2) is 12.4 Å². The number of carbonyl (C=O) groups excluding carboxylic acids is 2. The van der Waals surface area contributed by atoms with Crippen LogP contribution in [0, 0.1) is 0 Å². The summed E-state index contributed by atoms with van der Waals surface area (Å²) in [6.45, 7) is 2.54. The molecule has 0 aliphatic rings. The average Bonchev–Trinajstić information content (AvgIpc) is 2.42. The molecule has 0 heterocycles. The van der Waals surface area contributed by atoms with Gasteiger partial charge in [0.05, 0.1) is 12.7 Å². The van der Waals surface area contributed by atoms with Crippen molar-refractivity contribution in [3.05, 3.63) is 12.4 Å². The normalized spacial score (nSPS) is 15.2. The first-order chi connectivity index (χ1) is 11.9. The molecule has 1 unspecified atom stereocenters. The van der Waals surface area contributed by atoms with Gasteiger partial charge in [0.2, 0.25) is 5.83 Å². The number of alkyl halides is 5. The summed E-state index contributed by atoms with van der Waals surface area (Å²) < 4.78 is 121. The SMILES string of the molecule is C=C(F)C(=O)OC(OCCC(F)(F)S(=O)(=O)[O-])(C(=O)OC(C)C)C(F)(F)F. The first kappa shape index (κ1) is 25.1. The molecule has 0 N–H and O–H groups in total. The summed E-state index contributed by atoms with van der Waals surface area (Å²) in [7, 11) is -6.27. The average molecular weight is 431 g/mol. The van der Waals surface area contributed by atoms with Gasteiger partial charge in [0.15, 0.2) is 10.1 Å². The van der Waals surface area contributed by atoms with Gasteiger partial charge in [-0.15, -0.1) is 0 Å². The Hall–Kier alpha value is -1.87. The maximum Gasteiger partial charge on any atom is 0.468 e. The highest BCUT2D eigenvalue weighted by Gasteiger charge is 2.68. The molecule has 0 rings (SSSR count). The maximum atomic E-state index is 13.3. The summed E-state index contributed by atoms with van der Waals surface area (Å²) in [5.41, 5.74) is 0. The summed E-state index contributed by atoms with van der Waals surface area (Å²) in [5.74, 6) is -11.7. The summed E-state index contributed by atoms with van der Waals surface area (Å²) in [6, 6.07) is 0. The Morgan fingerprint density at radius 2 is 1.63 bits per heavy atom. The van der Waals surface area contributed by atoms with E-state index in [0.29, 0.717) is 0 Å². The molecule has 158 valence electrons. The molecule has 0 saturated carbocycles. The van der Waals surface area contributed by atoms with Gasteiger partial charge in [-0.1, -0.05) is 6.58 Å². The Morgan fingerprint density at radius 3 is 1.96 bits per heavy atom. The minimum Gasteiger partial charge on any atom is -0.743 e. The van der Waals surface area contributed by atoms with Crippen molar-refractivity contribution in [1.29, 1.82) is 0 Å². The Labute approximate surface area is 148 Å². The van der Waals surface area contributed by atoms with Crippen LogP contribution in [0.5, 0.6) is 0 Å². The van der Waals surface area contributed by atoms with Crippen LogP contribution in [-0.2, 0) is 33.9 Å². The van der Waals surface area contributed by atoms with Gasteiger partial charge in [0.25, 0.3) is 0 Å². The quantitative estimate of drug-likeness (QED) is 0.178. The van der Waals surface area contributed by atoms with Crippen LogP contribution < -0.4 is 0 Å². The van der Waals surface area contributed by atoms with Crippen molar-refractivity contribution in [3.63, 3.8) is 0 Å². The van der Waals surface area contributed by atoms with Crippen LogP contribution in [0.4, 0.5) is 26.3 Å². The van der Waals surface area contributed by atoms with Crippen LogP contribution in [0.2, 0.25) is 0 Å². The van der Waals surface area contributed by atoms with E-state index in [-0.39, 0.29) is 0 Å². The van der Waals surface area contributed by atoms with E-state index >= 15 is 0 Å². The highest BCUT2D eigenvalue weighted by atomic mass is 32.2. The van der Waals surface area contributed by atoms with Crippen LogP contribution in [-0.4, -0.2) is 54.8 Å². The zero-order chi connectivity index (χ0) is 21.8. The minimum absolute atomic E-state index is 1.06. The van der Waals surface area contributed by atoms with Gasteiger partial charge in [0, 0.05) is 6.42 Å². The van der Waals surface area contributed by atoms with Gasteiger partial charge in [0.1, 0.15) is 0 Å². The molecule has 0 aromatic rings. The standard InChI is InChI=1S/C12H14F6O8S/c1-6(2)25-9(20)11(12(16,17)18,26-8(19)7(3)13)24-5-4-10(14,15)27(21,22)23/h6H,3-5H2,1-2H3,(H,21,22,23)/p-1. The molecule has 15 heteroatoms. The highest BCUT2D eigenvalue weighted by Crippen LogP contribution is 2.38. The van der Waals surface area contributed by atoms with Gasteiger partial charge >= 0.3 is 29.2 Å². The second-order valence-corrected chi connectivity index (χ2v) is 6.56. The highest BCUT2D eigenvalue weighted by molar-refractivity contribution is 7.86.